The van der Waals surface area contributed by atoms with Crippen LogP contribution in [0.25, 0.3) is 17.0 Å². The normalized spacial score (nSPS) is 11.8. The Kier molecular flexibility index (Phi) is 4.03. The van der Waals surface area contributed by atoms with Crippen molar-refractivity contribution in [3.63, 3.8) is 0 Å². The zero-order valence-corrected chi connectivity index (χ0v) is 11.8. The van der Waals surface area contributed by atoms with E-state index in [1.54, 1.807) is 33.0 Å². The summed E-state index contributed by atoms with van der Waals surface area (Å²) in [5.74, 6) is 0. The van der Waals surface area contributed by atoms with Crippen LogP contribution < -0.4 is 0 Å². The lowest BCUT2D eigenvalue weighted by molar-refractivity contribution is 0.0113. The van der Waals surface area contributed by atoms with E-state index in [0.29, 0.717) is 0 Å². The number of para-hydroxylation sites is 1. The molecule has 0 N–H and O–H groups in total. The van der Waals surface area contributed by atoms with Crippen LogP contribution in [0.15, 0.2) is 42.8 Å². The molecule has 2 aromatic rings. The number of aromatic nitrogens is 1. The second-order valence-corrected chi connectivity index (χ2v) is 5.35. The van der Waals surface area contributed by atoms with E-state index in [1.807, 2.05) is 30.3 Å². The quantitative estimate of drug-likeness (QED) is 0.608. The minimum Gasteiger partial charge on any atom is -0.428 e. The number of ether oxygens (including phenoxy) is 2. The molecule has 1 aromatic heterocycles. The molecule has 0 fully saturated rings. The standard InChI is InChI=1S/C16H17NO3/c1-16(2,3)20-15(18)19-9-8-12-10-13-6-4-5-7-14(13)17-11-12/h4-11H,1-3H3/b9-8+. The maximum atomic E-state index is 11.3. The molecular formula is C16H17NO3. The molecule has 20 heavy (non-hydrogen) atoms. The number of rotatable bonds is 2. The van der Waals surface area contributed by atoms with Crippen molar-refractivity contribution in [2.75, 3.05) is 0 Å². The lowest BCUT2D eigenvalue weighted by Gasteiger charge is -2.17. The summed E-state index contributed by atoms with van der Waals surface area (Å²) in [6.07, 6.45) is 3.98. The highest BCUT2D eigenvalue weighted by atomic mass is 16.7. The largest absolute Gasteiger partial charge is 0.513 e. The average molecular weight is 271 g/mol. The monoisotopic (exact) mass is 271 g/mol. The van der Waals surface area contributed by atoms with Crippen molar-refractivity contribution in [3.8, 4) is 0 Å². The van der Waals surface area contributed by atoms with Crippen molar-refractivity contribution in [2.45, 2.75) is 26.4 Å². The maximum Gasteiger partial charge on any atom is 0.513 e. The summed E-state index contributed by atoms with van der Waals surface area (Å²) in [6.45, 7) is 5.35. The van der Waals surface area contributed by atoms with Gasteiger partial charge < -0.3 is 9.47 Å². The molecule has 4 nitrogen and oxygen atoms in total. The Morgan fingerprint density at radius 3 is 2.75 bits per heavy atom. The SMILES string of the molecule is CC(C)(C)OC(=O)O/C=C/c1cnc2ccccc2c1. The van der Waals surface area contributed by atoms with Crippen LogP contribution in [0, 0.1) is 0 Å². The van der Waals surface area contributed by atoms with Gasteiger partial charge in [0.25, 0.3) is 0 Å². The zero-order valence-electron chi connectivity index (χ0n) is 11.8. The van der Waals surface area contributed by atoms with Crippen molar-refractivity contribution in [1.82, 2.24) is 4.98 Å². The first-order chi connectivity index (χ1) is 9.44. The van der Waals surface area contributed by atoms with Crippen LogP contribution in [0.4, 0.5) is 4.79 Å². The Balaban J connectivity index is 2.01. The molecule has 0 saturated heterocycles. The molecule has 104 valence electrons. The molecule has 4 heteroatoms. The molecule has 2 rings (SSSR count). The van der Waals surface area contributed by atoms with E-state index in [4.69, 9.17) is 9.47 Å². The summed E-state index contributed by atoms with van der Waals surface area (Å²) in [5, 5.41) is 1.03. The molecule has 0 aliphatic carbocycles. The summed E-state index contributed by atoms with van der Waals surface area (Å²) >= 11 is 0. The van der Waals surface area contributed by atoms with Gasteiger partial charge in [-0.3, -0.25) is 4.98 Å². The molecule has 0 aliphatic rings. The van der Waals surface area contributed by atoms with E-state index in [9.17, 15) is 4.79 Å². The molecule has 0 bridgehead atoms. The molecular weight excluding hydrogens is 254 g/mol. The molecule has 0 saturated carbocycles. The Hall–Kier alpha value is -2.36. The highest BCUT2D eigenvalue weighted by molar-refractivity contribution is 5.80. The summed E-state index contributed by atoms with van der Waals surface area (Å²) in [4.78, 5) is 15.7. The summed E-state index contributed by atoms with van der Waals surface area (Å²) in [6, 6.07) is 9.79. The van der Waals surface area contributed by atoms with Crippen molar-refractivity contribution in [1.29, 1.82) is 0 Å². The second kappa shape index (κ2) is 5.74. The van der Waals surface area contributed by atoms with E-state index >= 15 is 0 Å². The molecule has 0 spiro atoms. The van der Waals surface area contributed by atoms with Gasteiger partial charge in [-0.05, 0) is 44.5 Å². The first-order valence-corrected chi connectivity index (χ1v) is 6.35. The third-order valence-corrected chi connectivity index (χ3v) is 2.43. The Bertz CT molecular complexity index is 641. The number of hydrogen-bond donors (Lipinski definition) is 0. The minimum atomic E-state index is -0.720. The lowest BCUT2D eigenvalue weighted by Crippen LogP contribution is -2.23. The van der Waals surface area contributed by atoms with Crippen LogP contribution >= 0.6 is 0 Å². The molecule has 1 aromatic carbocycles. The van der Waals surface area contributed by atoms with Gasteiger partial charge in [0.15, 0.2) is 0 Å². The third kappa shape index (κ3) is 4.09. The number of benzene rings is 1. The first-order valence-electron chi connectivity index (χ1n) is 6.35. The van der Waals surface area contributed by atoms with Crippen LogP contribution in [-0.4, -0.2) is 16.7 Å². The highest BCUT2D eigenvalue weighted by Crippen LogP contribution is 2.14. The Labute approximate surface area is 118 Å². The fraction of sp³-hybridized carbons (Fsp3) is 0.250. The number of carbonyl (C=O) groups is 1. The van der Waals surface area contributed by atoms with Crippen molar-refractivity contribution >= 4 is 23.1 Å². The van der Waals surface area contributed by atoms with E-state index < -0.39 is 11.8 Å². The predicted molar refractivity (Wildman–Crippen MR) is 78.1 cm³/mol. The van der Waals surface area contributed by atoms with Gasteiger partial charge in [-0.1, -0.05) is 18.2 Å². The van der Waals surface area contributed by atoms with Gasteiger partial charge in [0.1, 0.15) is 5.60 Å². The summed E-state index contributed by atoms with van der Waals surface area (Å²) in [7, 11) is 0. The lowest BCUT2D eigenvalue weighted by atomic mass is 10.1. The highest BCUT2D eigenvalue weighted by Gasteiger charge is 2.16. The summed E-state index contributed by atoms with van der Waals surface area (Å²) in [5.41, 5.74) is 1.22. The maximum absolute atomic E-state index is 11.3. The first kappa shape index (κ1) is 14.1. The van der Waals surface area contributed by atoms with Crippen LogP contribution in [0.2, 0.25) is 0 Å². The number of pyridine rings is 1. The van der Waals surface area contributed by atoms with Gasteiger partial charge in [-0.25, -0.2) is 4.79 Å². The molecule has 0 amide bonds. The fourth-order valence-corrected chi connectivity index (χ4v) is 1.62. The van der Waals surface area contributed by atoms with Crippen LogP contribution in [0.1, 0.15) is 26.3 Å². The van der Waals surface area contributed by atoms with Crippen LogP contribution in [0.3, 0.4) is 0 Å². The van der Waals surface area contributed by atoms with Gasteiger partial charge in [-0.15, -0.1) is 0 Å². The third-order valence-electron chi connectivity index (χ3n) is 2.43. The molecule has 1 heterocycles. The molecule has 0 atom stereocenters. The molecule has 0 unspecified atom stereocenters. The van der Waals surface area contributed by atoms with Gasteiger partial charge >= 0.3 is 6.16 Å². The predicted octanol–water partition coefficient (Wildman–Crippen LogP) is 4.16. The topological polar surface area (TPSA) is 48.4 Å². The van der Waals surface area contributed by atoms with Crippen molar-refractivity contribution < 1.29 is 14.3 Å². The molecule has 0 radical (unpaired) electrons. The number of hydrogen-bond acceptors (Lipinski definition) is 4. The zero-order chi connectivity index (χ0) is 14.6. The van der Waals surface area contributed by atoms with Gasteiger partial charge in [-0.2, -0.15) is 0 Å². The average Bonchev–Trinajstić information content (AvgIpc) is 2.36. The van der Waals surface area contributed by atoms with E-state index in [1.165, 1.54) is 6.26 Å². The number of nitrogens with zero attached hydrogens (tertiary/aromatic N) is 1. The molecule has 0 aliphatic heterocycles. The Morgan fingerprint density at radius 2 is 2.00 bits per heavy atom. The van der Waals surface area contributed by atoms with Crippen molar-refractivity contribution in [2.24, 2.45) is 0 Å². The van der Waals surface area contributed by atoms with E-state index in [0.717, 1.165) is 16.5 Å². The Morgan fingerprint density at radius 1 is 1.25 bits per heavy atom. The second-order valence-electron chi connectivity index (χ2n) is 5.35. The van der Waals surface area contributed by atoms with Crippen molar-refractivity contribution in [3.05, 3.63) is 48.4 Å². The smallest absolute Gasteiger partial charge is 0.428 e. The number of fused-ring (bicyclic) bond motifs is 1. The number of carbonyl (C=O) groups excluding carboxylic acids is 1. The minimum absolute atomic E-state index is 0.560. The fourth-order valence-electron chi connectivity index (χ4n) is 1.62. The summed E-state index contributed by atoms with van der Waals surface area (Å²) < 4.78 is 9.88. The van der Waals surface area contributed by atoms with E-state index in [-0.39, 0.29) is 0 Å². The van der Waals surface area contributed by atoms with E-state index in [2.05, 4.69) is 4.98 Å². The van der Waals surface area contributed by atoms with Gasteiger partial charge in [0.2, 0.25) is 0 Å². The van der Waals surface area contributed by atoms with Gasteiger partial charge in [0, 0.05) is 11.6 Å². The van der Waals surface area contributed by atoms with Crippen LogP contribution in [0.5, 0.6) is 0 Å². The van der Waals surface area contributed by atoms with Gasteiger partial charge in [0.05, 0.1) is 11.8 Å². The van der Waals surface area contributed by atoms with Crippen LogP contribution in [-0.2, 0) is 9.47 Å².